The third-order valence-electron chi connectivity index (χ3n) is 7.83. The number of pyridine rings is 1. The van der Waals surface area contributed by atoms with Crippen LogP contribution < -0.4 is 5.43 Å². The van der Waals surface area contributed by atoms with E-state index in [0.717, 1.165) is 43.3 Å². The molecule has 6 nitrogen and oxygen atoms in total. The summed E-state index contributed by atoms with van der Waals surface area (Å²) in [5.41, 5.74) is -7.22. The van der Waals surface area contributed by atoms with Crippen molar-refractivity contribution in [2.24, 2.45) is 0 Å². The standard InChI is InChI=1S/C41H40F5N3O3S/c1-27-6-15-34-36(22-27)49(39(23-37(34)50)53-26-31-4-3-5-35(42)40(31)43)25-38(51)48(33-16-18-47(19-17-33)20-21-52-2)24-28-7-9-29(10-8-28)30-11-13-32(14-12-30)41(44,45)46/h3-15,22-23,33H,16-21,24-26H2,1-2H3/i2D3,6D,15D,16D2,17D2,18D2,19D2,22D,23D,26D2,33D. The highest BCUT2D eigenvalue weighted by molar-refractivity contribution is 7.98. The van der Waals surface area contributed by atoms with Crippen LogP contribution in [0.2, 0.25) is 0 Å². The predicted molar refractivity (Wildman–Crippen MR) is 198 cm³/mol. The second kappa shape index (κ2) is 16.7. The van der Waals surface area contributed by atoms with Gasteiger partial charge in [0.2, 0.25) is 5.91 Å². The molecule has 5 aromatic rings. The van der Waals surface area contributed by atoms with Crippen molar-refractivity contribution in [3.05, 3.63) is 135 Å². The van der Waals surface area contributed by atoms with Gasteiger partial charge in [-0.25, -0.2) is 8.78 Å². The lowest BCUT2D eigenvalue weighted by Crippen LogP contribution is -2.48. The van der Waals surface area contributed by atoms with E-state index in [1.54, 1.807) is 0 Å². The van der Waals surface area contributed by atoms with E-state index >= 15 is 9.18 Å². The highest BCUT2D eigenvalue weighted by atomic mass is 32.2. The van der Waals surface area contributed by atoms with Gasteiger partial charge >= 0.3 is 6.18 Å². The van der Waals surface area contributed by atoms with Crippen molar-refractivity contribution in [1.82, 2.24) is 14.4 Å². The van der Waals surface area contributed by atoms with Gasteiger partial charge in [-0.1, -0.05) is 54.6 Å². The number of aromatic nitrogens is 1. The number of piperidine rings is 1. The van der Waals surface area contributed by atoms with Gasteiger partial charge in [0, 0.05) is 75.5 Å². The minimum Gasteiger partial charge on any atom is -0.383 e. The van der Waals surface area contributed by atoms with Crippen LogP contribution in [0.15, 0.2) is 101 Å². The maximum Gasteiger partial charge on any atom is 0.416 e. The highest BCUT2D eigenvalue weighted by Crippen LogP contribution is 2.32. The van der Waals surface area contributed by atoms with Crippen molar-refractivity contribution in [2.45, 2.75) is 55.7 Å². The molecule has 0 aliphatic carbocycles. The molecule has 1 saturated heterocycles. The van der Waals surface area contributed by atoms with Gasteiger partial charge in [0.05, 0.1) is 33.7 Å². The number of rotatable bonds is 12. The van der Waals surface area contributed by atoms with Gasteiger partial charge in [0.15, 0.2) is 17.1 Å². The molecule has 0 radical (unpaired) electrons. The Labute approximate surface area is 334 Å². The fourth-order valence-electron chi connectivity index (χ4n) is 5.13. The van der Waals surface area contributed by atoms with Crippen molar-refractivity contribution in [1.29, 1.82) is 0 Å². The largest absolute Gasteiger partial charge is 0.416 e. The molecular formula is C41H40F5N3O3S. The van der Waals surface area contributed by atoms with Crippen molar-refractivity contribution in [3.8, 4) is 11.1 Å². The summed E-state index contributed by atoms with van der Waals surface area (Å²) in [6.07, 6.45) is -12.9. The topological polar surface area (TPSA) is 54.8 Å². The first-order valence-corrected chi connectivity index (χ1v) is 16.5. The maximum atomic E-state index is 15.4. The number of likely N-dealkylation sites (tertiary alicyclic amines) is 1. The Morgan fingerprint density at radius 1 is 1.06 bits per heavy atom. The Balaban J connectivity index is 1.60. The number of carbonyl (C=O) groups is 1. The molecule has 1 aromatic heterocycles. The van der Waals surface area contributed by atoms with E-state index < -0.39 is 151 Å². The molecule has 0 unspecified atom stereocenters. The maximum absolute atomic E-state index is 15.4. The van der Waals surface area contributed by atoms with Crippen molar-refractivity contribution < 1.29 is 56.2 Å². The molecule has 6 rings (SSSR count). The molecule has 0 N–H and O–H groups in total. The van der Waals surface area contributed by atoms with Crippen molar-refractivity contribution in [2.75, 3.05) is 33.2 Å². The number of hydrogen-bond donors (Lipinski definition) is 0. The number of benzene rings is 4. The zero-order chi connectivity index (χ0) is 53.6. The number of carbonyl (C=O) groups excluding carboxylic acids is 1. The van der Waals surface area contributed by atoms with Gasteiger partial charge in [0.25, 0.3) is 0 Å². The van der Waals surface area contributed by atoms with E-state index in [1.165, 1.54) is 24.3 Å². The number of thioether (sulfide) groups is 1. The van der Waals surface area contributed by atoms with E-state index in [-0.39, 0.29) is 43.8 Å². The normalized spacial score (nSPS) is 24.0. The molecule has 0 bridgehead atoms. The van der Waals surface area contributed by atoms with Crippen LogP contribution in [0.5, 0.6) is 0 Å². The van der Waals surface area contributed by atoms with E-state index in [9.17, 15) is 29.2 Å². The summed E-state index contributed by atoms with van der Waals surface area (Å²) in [7, 11) is -3.13. The van der Waals surface area contributed by atoms with Crippen molar-refractivity contribution in [3.63, 3.8) is 0 Å². The average molecular weight is 768 g/mol. The Morgan fingerprint density at radius 2 is 1.75 bits per heavy atom. The van der Waals surface area contributed by atoms with Gasteiger partial charge in [-0.15, -0.1) is 11.8 Å². The van der Waals surface area contributed by atoms with Crippen LogP contribution in [0.1, 0.15) is 59.7 Å². The van der Waals surface area contributed by atoms with Crippen LogP contribution in [-0.2, 0) is 34.5 Å². The molecule has 278 valence electrons. The molecule has 53 heavy (non-hydrogen) atoms. The van der Waals surface area contributed by atoms with E-state index in [1.807, 2.05) is 0 Å². The average Bonchev–Trinajstić information content (AvgIpc) is 3.27. The third kappa shape index (κ3) is 9.17. The highest BCUT2D eigenvalue weighted by Gasteiger charge is 2.31. The Hall–Kier alpha value is -4.52. The fourth-order valence-corrected chi connectivity index (χ4v) is 5.91. The minimum absolute atomic E-state index is 0.0482. The van der Waals surface area contributed by atoms with E-state index in [2.05, 4.69) is 4.74 Å². The zero-order valence-corrected chi connectivity index (χ0v) is 28.4. The summed E-state index contributed by atoms with van der Waals surface area (Å²) < 4.78 is 232. The molecule has 0 spiro atoms. The summed E-state index contributed by atoms with van der Waals surface area (Å²) >= 11 is -0.165. The molecular weight excluding hydrogens is 710 g/mol. The van der Waals surface area contributed by atoms with Crippen LogP contribution in [-0.4, -0.2) is 59.5 Å². The third-order valence-corrected chi connectivity index (χ3v) is 8.67. The molecule has 1 aliphatic rings. The van der Waals surface area contributed by atoms with E-state index in [4.69, 9.17) is 17.8 Å². The zero-order valence-electron chi connectivity index (χ0n) is 45.5. The molecule has 0 saturated carbocycles. The van der Waals surface area contributed by atoms with Crippen LogP contribution in [0, 0.1) is 18.6 Å². The van der Waals surface area contributed by atoms with E-state index in [0.29, 0.717) is 10.6 Å². The Kier molecular flexibility index (Phi) is 6.72. The summed E-state index contributed by atoms with van der Waals surface area (Å²) in [5.74, 6) is -4.91. The second-order valence-electron chi connectivity index (χ2n) is 11.4. The number of hydrogen-bond acceptors (Lipinski definition) is 5. The quantitative estimate of drug-likeness (QED) is 0.0940. The van der Waals surface area contributed by atoms with Gasteiger partial charge in [-0.2, -0.15) is 13.2 Å². The number of methoxy groups -OCH3 is 1. The van der Waals surface area contributed by atoms with Crippen molar-refractivity contribution >= 4 is 28.6 Å². The number of alkyl halides is 3. The molecule has 1 amide bonds. The summed E-state index contributed by atoms with van der Waals surface area (Å²) in [4.78, 5) is 29.4. The monoisotopic (exact) mass is 767 g/mol. The van der Waals surface area contributed by atoms with Crippen LogP contribution in [0.4, 0.5) is 22.0 Å². The van der Waals surface area contributed by atoms with Gasteiger partial charge in [0.1, 0.15) is 6.54 Å². The number of nitrogens with zero attached hydrogens (tertiary/aromatic N) is 3. The SMILES string of the molecule is [2H]c1c(C)c([2H])c2c(c1[2H])c(=O)c([2H])c(SC([2H])([2H])c1cccc(F)c1F)n2CC(=O)N(Cc1ccc(-c2ccc(C(F)(F)F)cc2)cc1)C1([2H])C([2H])([2H])C([2H])([2H])N(CCOC([2H])([2H])[2H])C([2H])([2H])C1([2H])[2H]. The Morgan fingerprint density at radius 3 is 2.43 bits per heavy atom. The van der Waals surface area contributed by atoms with Crippen LogP contribution in [0.25, 0.3) is 22.0 Å². The van der Waals surface area contributed by atoms with Gasteiger partial charge in [-0.05, 0) is 72.2 Å². The molecule has 12 heteroatoms. The minimum atomic E-state index is -4.67. The predicted octanol–water partition coefficient (Wildman–Crippen LogP) is 8.71. The summed E-state index contributed by atoms with van der Waals surface area (Å²) in [6.45, 7) is -11.4. The number of amides is 1. The van der Waals surface area contributed by atoms with Crippen LogP contribution in [0.3, 0.4) is 0 Å². The van der Waals surface area contributed by atoms with Gasteiger partial charge < -0.3 is 19.1 Å². The second-order valence-corrected chi connectivity index (χ2v) is 12.2. The Bertz CT molecular complexity index is 2930. The smallest absolute Gasteiger partial charge is 0.383 e. The molecule has 4 aromatic carbocycles. The molecule has 2 heterocycles. The first-order chi connectivity index (χ1) is 32.4. The fraction of sp³-hybridized carbons (Fsp3) is 0.317. The van der Waals surface area contributed by atoms with Gasteiger partial charge in [-0.3, -0.25) is 9.59 Å². The summed E-state index contributed by atoms with van der Waals surface area (Å²) in [6, 6.07) is 3.63. The van der Waals surface area contributed by atoms with Crippen LogP contribution >= 0.6 is 11.8 Å². The molecule has 1 aliphatic heterocycles. The lowest BCUT2D eigenvalue weighted by molar-refractivity contribution is -0.137. The number of ether oxygens (including phenoxy) is 1. The molecule has 1 fully saturated rings. The summed E-state index contributed by atoms with van der Waals surface area (Å²) in [5, 5.41) is -1.79. The lowest BCUT2D eigenvalue weighted by atomic mass is 10.00. The first-order valence-electron chi connectivity index (χ1n) is 24.6. The first kappa shape index (κ1) is 21.4. The number of halogens is 5. The molecule has 0 atom stereocenters. The number of fused-ring (bicyclic) bond motifs is 1. The lowest BCUT2D eigenvalue weighted by Gasteiger charge is -2.39.